The molecule has 0 atom stereocenters. The summed E-state index contributed by atoms with van der Waals surface area (Å²) in [5.74, 6) is 0.307. The van der Waals surface area contributed by atoms with E-state index in [0.717, 1.165) is 41.7 Å². The Labute approximate surface area is 144 Å². The number of allylic oxidation sites excluding steroid dienone is 1. The van der Waals surface area contributed by atoms with Crippen molar-refractivity contribution in [1.29, 1.82) is 5.26 Å². The van der Waals surface area contributed by atoms with Crippen molar-refractivity contribution in [2.45, 2.75) is 26.2 Å². The molecule has 2 N–H and O–H groups in total. The molecule has 1 heterocycles. The van der Waals surface area contributed by atoms with Gasteiger partial charge in [0.05, 0.1) is 17.3 Å². The van der Waals surface area contributed by atoms with Crippen molar-refractivity contribution in [3.05, 3.63) is 52.4 Å². The first-order valence-electron chi connectivity index (χ1n) is 8.12. The number of fused-ring (bicyclic) bond motifs is 1. The van der Waals surface area contributed by atoms with Gasteiger partial charge < -0.3 is 5.73 Å². The van der Waals surface area contributed by atoms with Gasteiger partial charge in [0.2, 0.25) is 5.95 Å². The number of nitriles is 1. The lowest BCUT2D eigenvalue weighted by atomic mass is 9.97. The Hall–Kier alpha value is -2.24. The first-order valence-corrected chi connectivity index (χ1v) is 10.4. The second-order valence-electron chi connectivity index (χ2n) is 6.17. The third-order valence-corrected chi connectivity index (χ3v) is 5.71. The molecule has 3 rings (SSSR count). The fourth-order valence-corrected chi connectivity index (χ4v) is 4.70. The summed E-state index contributed by atoms with van der Waals surface area (Å²) < 4.78 is 0. The Morgan fingerprint density at radius 1 is 1.33 bits per heavy atom. The smallest absolute Gasteiger partial charge is 0.220 e. The molecule has 1 aromatic heterocycles. The minimum absolute atomic E-state index is 0.307. The van der Waals surface area contributed by atoms with Crippen molar-refractivity contribution in [1.82, 2.24) is 9.97 Å². The molecule has 5 heteroatoms. The van der Waals surface area contributed by atoms with Crippen molar-refractivity contribution in [3.8, 4) is 6.07 Å². The Bertz CT molecular complexity index is 862. The average Bonchev–Trinajstić information content (AvgIpc) is 2.99. The molecule has 0 bridgehead atoms. The quantitative estimate of drug-likeness (QED) is 0.870. The van der Waals surface area contributed by atoms with Crippen LogP contribution >= 0.6 is 7.92 Å². The number of nitrogen functional groups attached to an aromatic ring is 1. The molecule has 24 heavy (non-hydrogen) atoms. The monoisotopic (exact) mass is 336 g/mol. The maximum absolute atomic E-state index is 9.44. The summed E-state index contributed by atoms with van der Waals surface area (Å²) >= 11 is 0. The number of nitrogens with two attached hydrogens (primary N) is 1. The number of hydrogen-bond acceptors (Lipinski definition) is 4. The van der Waals surface area contributed by atoms with Crippen LogP contribution in [0.1, 0.15) is 41.3 Å². The van der Waals surface area contributed by atoms with E-state index in [9.17, 15) is 5.26 Å². The molecule has 0 saturated heterocycles. The molecule has 122 valence electrons. The molecular weight excluding hydrogens is 315 g/mol. The number of rotatable bonds is 4. The third kappa shape index (κ3) is 2.81. The van der Waals surface area contributed by atoms with Gasteiger partial charge in [-0.1, -0.05) is 33.4 Å². The molecule has 1 aliphatic rings. The van der Waals surface area contributed by atoms with E-state index in [1.54, 1.807) is 0 Å². The van der Waals surface area contributed by atoms with Crippen LogP contribution in [0.4, 0.5) is 5.95 Å². The maximum atomic E-state index is 9.44. The van der Waals surface area contributed by atoms with Gasteiger partial charge in [-0.2, -0.15) is 5.26 Å². The van der Waals surface area contributed by atoms with Crippen LogP contribution in [0.5, 0.6) is 0 Å². The first-order chi connectivity index (χ1) is 11.6. The summed E-state index contributed by atoms with van der Waals surface area (Å²) in [4.78, 5) is 8.69. The lowest BCUT2D eigenvalue weighted by molar-refractivity contribution is 0.897. The molecule has 2 aromatic rings. The second kappa shape index (κ2) is 6.71. The second-order valence-corrected chi connectivity index (χ2v) is 8.40. The first kappa shape index (κ1) is 16.6. The number of anilines is 1. The molecule has 0 fully saturated rings. The Balaban J connectivity index is 2.16. The average molecular weight is 336 g/mol. The van der Waals surface area contributed by atoms with Gasteiger partial charge >= 0.3 is 0 Å². The predicted octanol–water partition coefficient (Wildman–Crippen LogP) is 3.24. The fourth-order valence-electron chi connectivity index (χ4n) is 3.34. The van der Waals surface area contributed by atoms with Crippen LogP contribution < -0.4 is 11.0 Å². The topological polar surface area (TPSA) is 75.6 Å². The maximum Gasteiger partial charge on any atom is 0.220 e. The Morgan fingerprint density at radius 3 is 2.79 bits per heavy atom. The lowest BCUT2D eigenvalue weighted by Gasteiger charge is -2.16. The largest absolute Gasteiger partial charge is 0.368 e. The van der Waals surface area contributed by atoms with Gasteiger partial charge in [-0.25, -0.2) is 9.97 Å². The van der Waals surface area contributed by atoms with E-state index in [0.29, 0.717) is 5.95 Å². The molecule has 0 aliphatic heterocycles. The van der Waals surface area contributed by atoms with Crippen molar-refractivity contribution in [3.63, 3.8) is 0 Å². The molecule has 1 aliphatic carbocycles. The molecule has 0 amide bonds. The number of nitrogens with zero attached hydrogens (tertiary/aromatic N) is 3. The molecule has 4 nitrogen and oxygen atoms in total. The Kier molecular flexibility index (Phi) is 4.64. The number of hydrogen-bond donors (Lipinski definition) is 1. The summed E-state index contributed by atoms with van der Waals surface area (Å²) in [7, 11) is -0.347. The van der Waals surface area contributed by atoms with Crippen LogP contribution in [0.2, 0.25) is 0 Å². The lowest BCUT2D eigenvalue weighted by Crippen LogP contribution is -2.13. The van der Waals surface area contributed by atoms with E-state index in [1.165, 1.54) is 16.4 Å². The van der Waals surface area contributed by atoms with Gasteiger partial charge in [0.1, 0.15) is 0 Å². The summed E-state index contributed by atoms with van der Waals surface area (Å²) in [5.41, 5.74) is 12.3. The van der Waals surface area contributed by atoms with Gasteiger partial charge in [0.25, 0.3) is 0 Å². The molecular formula is C19H21N4P. The number of benzene rings is 1. The van der Waals surface area contributed by atoms with Crippen molar-refractivity contribution in [2.75, 3.05) is 19.1 Å². The van der Waals surface area contributed by atoms with Crippen LogP contribution in [0.25, 0.3) is 5.57 Å². The number of aromatic nitrogens is 2. The third-order valence-electron chi connectivity index (χ3n) is 4.31. The summed E-state index contributed by atoms with van der Waals surface area (Å²) in [6.07, 6.45) is 6.88. The van der Waals surface area contributed by atoms with E-state index in [-0.39, 0.29) is 7.92 Å². The highest BCUT2D eigenvalue weighted by Gasteiger charge is 2.24. The summed E-state index contributed by atoms with van der Waals surface area (Å²) in [6.45, 7) is 6.56. The van der Waals surface area contributed by atoms with Crippen LogP contribution in [0.3, 0.4) is 0 Å². The van der Waals surface area contributed by atoms with Gasteiger partial charge in [-0.3, -0.25) is 0 Å². The zero-order valence-electron chi connectivity index (χ0n) is 14.3. The number of aryl methyl sites for hydroxylation is 1. The van der Waals surface area contributed by atoms with Crippen LogP contribution in [-0.2, 0) is 12.8 Å². The van der Waals surface area contributed by atoms with Crippen LogP contribution in [-0.4, -0.2) is 23.3 Å². The zero-order valence-corrected chi connectivity index (χ0v) is 15.2. The van der Waals surface area contributed by atoms with Gasteiger partial charge in [0, 0.05) is 11.8 Å². The highest BCUT2D eigenvalue weighted by atomic mass is 31.1. The minimum Gasteiger partial charge on any atom is -0.368 e. The van der Waals surface area contributed by atoms with Gasteiger partial charge in [0.15, 0.2) is 0 Å². The molecule has 0 spiro atoms. The standard InChI is InChI=1S/C19H21N4P/c1-4-5-13-11-22-19(21)23-17(13)15-8-9-16-14(15)7-6-12(10-20)18(16)24(2)3/h6-8,11H,4-5,9H2,1-3H3,(H2,21,22,23). The molecule has 0 unspecified atom stereocenters. The minimum atomic E-state index is -0.347. The highest BCUT2D eigenvalue weighted by molar-refractivity contribution is 7.64. The predicted molar refractivity (Wildman–Crippen MR) is 101 cm³/mol. The fraction of sp³-hybridized carbons (Fsp3) is 0.316. The van der Waals surface area contributed by atoms with Crippen LogP contribution in [0.15, 0.2) is 24.4 Å². The van der Waals surface area contributed by atoms with Crippen molar-refractivity contribution < 1.29 is 0 Å². The zero-order chi connectivity index (χ0) is 17.3. The van der Waals surface area contributed by atoms with E-state index in [4.69, 9.17) is 5.73 Å². The van der Waals surface area contributed by atoms with E-state index in [2.05, 4.69) is 48.4 Å². The van der Waals surface area contributed by atoms with Crippen molar-refractivity contribution in [2.24, 2.45) is 0 Å². The molecule has 1 aromatic carbocycles. The van der Waals surface area contributed by atoms with Gasteiger partial charge in [-0.05, 0) is 54.2 Å². The molecule has 0 saturated carbocycles. The van der Waals surface area contributed by atoms with Crippen LogP contribution in [0, 0.1) is 11.3 Å². The SMILES string of the molecule is CCCc1cnc(N)nc1C1=CCc2c1ccc(C#N)c2P(C)C. The van der Waals surface area contributed by atoms with E-state index in [1.807, 2.05) is 12.3 Å². The Morgan fingerprint density at radius 2 is 2.12 bits per heavy atom. The molecule has 0 radical (unpaired) electrons. The highest BCUT2D eigenvalue weighted by Crippen LogP contribution is 2.38. The summed E-state index contributed by atoms with van der Waals surface area (Å²) in [5, 5.41) is 10.7. The van der Waals surface area contributed by atoms with E-state index < -0.39 is 0 Å². The summed E-state index contributed by atoms with van der Waals surface area (Å²) in [6, 6.07) is 6.35. The van der Waals surface area contributed by atoms with E-state index >= 15 is 0 Å². The normalized spacial score (nSPS) is 12.9. The van der Waals surface area contributed by atoms with Crippen molar-refractivity contribution >= 4 is 24.7 Å². The van der Waals surface area contributed by atoms with Gasteiger partial charge in [-0.15, -0.1) is 0 Å².